The number of benzene rings is 3. The van der Waals surface area contributed by atoms with Crippen LogP contribution in [0.3, 0.4) is 0 Å². The van der Waals surface area contributed by atoms with Gasteiger partial charge in [-0.1, -0.05) is 48.5 Å². The Morgan fingerprint density at radius 3 is 2.54 bits per heavy atom. The van der Waals surface area contributed by atoms with Gasteiger partial charge in [-0.3, -0.25) is 4.79 Å². The van der Waals surface area contributed by atoms with Crippen LogP contribution in [0.1, 0.15) is 27.9 Å². The maximum atomic E-state index is 12.8. The topological polar surface area (TPSA) is 22.0 Å². The summed E-state index contributed by atoms with van der Waals surface area (Å²) in [6.45, 7) is 0. The van der Waals surface area contributed by atoms with Gasteiger partial charge in [0.25, 0.3) is 0 Å². The molecule has 0 unspecified atom stereocenters. The third-order valence-electron chi connectivity index (χ3n) is 5.50. The predicted octanol–water partition coefficient (Wildman–Crippen LogP) is 5.54. The first-order chi connectivity index (χ1) is 12.7. The largest absolute Gasteiger partial charge is 0.344 e. The van der Waals surface area contributed by atoms with E-state index in [2.05, 4.69) is 66.2 Å². The zero-order valence-corrected chi connectivity index (χ0v) is 14.7. The fourth-order valence-corrected chi connectivity index (χ4v) is 4.13. The molecule has 5 rings (SSSR count). The quantitative estimate of drug-likeness (QED) is 0.418. The molecule has 0 aliphatic heterocycles. The fraction of sp³-hybridized carbons (Fsp3) is 0.125. The van der Waals surface area contributed by atoms with Crippen molar-refractivity contribution in [2.45, 2.75) is 12.8 Å². The van der Waals surface area contributed by atoms with Crippen molar-refractivity contribution in [1.29, 1.82) is 0 Å². The molecule has 0 amide bonds. The molecule has 1 aliphatic carbocycles. The molecule has 3 aromatic carbocycles. The van der Waals surface area contributed by atoms with Crippen LogP contribution in [0.15, 0.2) is 72.3 Å². The van der Waals surface area contributed by atoms with Gasteiger partial charge in [-0.25, -0.2) is 0 Å². The molecule has 2 nitrogen and oxygen atoms in total. The molecule has 4 aromatic rings. The number of carbonyl (C=O) groups is 1. The molecule has 0 N–H and O–H groups in total. The average Bonchev–Trinajstić information content (AvgIpc) is 2.97. The third-order valence-corrected chi connectivity index (χ3v) is 5.50. The van der Waals surface area contributed by atoms with Crippen molar-refractivity contribution in [2.75, 3.05) is 0 Å². The second-order valence-corrected chi connectivity index (χ2v) is 7.01. The number of ketones is 1. The van der Waals surface area contributed by atoms with Crippen LogP contribution in [0.4, 0.5) is 0 Å². The molecule has 126 valence electrons. The molecule has 0 bridgehead atoms. The summed E-state index contributed by atoms with van der Waals surface area (Å²) < 4.78 is 2.23. The number of allylic oxidation sites excluding steroid dienone is 1. The van der Waals surface area contributed by atoms with Crippen LogP contribution in [-0.2, 0) is 13.5 Å². The SMILES string of the molecule is Cn1c2ccccc2c2cc(/C=C3\CCc4ccccc4C3=O)ccc21. The molecule has 2 heteroatoms. The lowest BCUT2D eigenvalue weighted by Crippen LogP contribution is -2.13. The molecule has 1 aromatic heterocycles. The maximum Gasteiger partial charge on any atom is 0.189 e. The molecular formula is C24H19NO. The lowest BCUT2D eigenvalue weighted by molar-refractivity contribution is 0.102. The van der Waals surface area contributed by atoms with Gasteiger partial charge in [0.05, 0.1) is 0 Å². The van der Waals surface area contributed by atoms with Crippen molar-refractivity contribution in [1.82, 2.24) is 4.57 Å². The molecule has 1 heterocycles. The van der Waals surface area contributed by atoms with E-state index in [-0.39, 0.29) is 5.78 Å². The van der Waals surface area contributed by atoms with Crippen molar-refractivity contribution >= 4 is 33.7 Å². The minimum Gasteiger partial charge on any atom is -0.344 e. The van der Waals surface area contributed by atoms with Crippen molar-refractivity contribution in [2.24, 2.45) is 7.05 Å². The number of Topliss-reactive ketones (excluding diaryl/α,β-unsaturated/α-hetero) is 1. The minimum atomic E-state index is 0.171. The van der Waals surface area contributed by atoms with Gasteiger partial charge in [-0.2, -0.15) is 0 Å². The highest BCUT2D eigenvalue weighted by Gasteiger charge is 2.21. The average molecular weight is 337 g/mol. The lowest BCUT2D eigenvalue weighted by atomic mass is 9.86. The van der Waals surface area contributed by atoms with Crippen LogP contribution in [-0.4, -0.2) is 10.4 Å². The van der Waals surface area contributed by atoms with E-state index in [4.69, 9.17) is 0 Å². The van der Waals surface area contributed by atoms with Gasteiger partial charge in [-0.05, 0) is 48.2 Å². The van der Waals surface area contributed by atoms with Gasteiger partial charge in [0.15, 0.2) is 5.78 Å². The first kappa shape index (κ1) is 15.2. The number of aromatic nitrogens is 1. The van der Waals surface area contributed by atoms with E-state index in [9.17, 15) is 4.79 Å². The van der Waals surface area contributed by atoms with E-state index in [1.54, 1.807) is 0 Å². The van der Waals surface area contributed by atoms with Crippen molar-refractivity contribution in [3.63, 3.8) is 0 Å². The molecule has 0 saturated carbocycles. The number of rotatable bonds is 1. The van der Waals surface area contributed by atoms with Crippen LogP contribution in [0, 0.1) is 0 Å². The zero-order chi connectivity index (χ0) is 17.7. The number of aryl methyl sites for hydroxylation is 2. The van der Waals surface area contributed by atoms with Crippen LogP contribution in [0.5, 0.6) is 0 Å². The standard InChI is InChI=1S/C24H19NO/c1-25-22-9-5-4-8-20(22)21-15-16(10-13-23(21)25)14-18-12-11-17-6-2-3-7-19(17)24(18)26/h2-10,13-15H,11-12H2,1H3/b18-14+. The lowest BCUT2D eigenvalue weighted by Gasteiger charge is -2.17. The van der Waals surface area contributed by atoms with E-state index in [1.165, 1.54) is 27.4 Å². The van der Waals surface area contributed by atoms with Crippen molar-refractivity contribution < 1.29 is 4.79 Å². The highest BCUT2D eigenvalue weighted by molar-refractivity contribution is 6.14. The molecule has 0 radical (unpaired) electrons. The second kappa shape index (κ2) is 5.70. The predicted molar refractivity (Wildman–Crippen MR) is 107 cm³/mol. The monoisotopic (exact) mass is 337 g/mol. The zero-order valence-electron chi connectivity index (χ0n) is 14.7. The number of hydrogen-bond donors (Lipinski definition) is 0. The highest BCUT2D eigenvalue weighted by atomic mass is 16.1. The minimum absolute atomic E-state index is 0.171. The number of para-hydroxylation sites is 1. The number of fused-ring (bicyclic) bond motifs is 4. The Kier molecular flexibility index (Phi) is 3.32. The molecule has 0 atom stereocenters. The van der Waals surface area contributed by atoms with E-state index in [1.807, 2.05) is 18.2 Å². The van der Waals surface area contributed by atoms with Crippen molar-refractivity contribution in [3.05, 3.63) is 89.0 Å². The maximum absolute atomic E-state index is 12.8. The van der Waals surface area contributed by atoms with Gasteiger partial charge >= 0.3 is 0 Å². The second-order valence-electron chi connectivity index (χ2n) is 7.01. The first-order valence-electron chi connectivity index (χ1n) is 9.03. The van der Waals surface area contributed by atoms with Crippen LogP contribution < -0.4 is 0 Å². The first-order valence-corrected chi connectivity index (χ1v) is 9.03. The Bertz CT molecular complexity index is 1210. The summed E-state index contributed by atoms with van der Waals surface area (Å²) in [6, 6.07) is 22.9. The fourth-order valence-electron chi connectivity index (χ4n) is 4.13. The van der Waals surface area contributed by atoms with Crippen molar-refractivity contribution in [3.8, 4) is 0 Å². The molecule has 26 heavy (non-hydrogen) atoms. The summed E-state index contributed by atoms with van der Waals surface area (Å²) >= 11 is 0. The normalized spacial score (nSPS) is 15.7. The Morgan fingerprint density at radius 1 is 0.846 bits per heavy atom. The summed E-state index contributed by atoms with van der Waals surface area (Å²) in [5, 5.41) is 2.49. The van der Waals surface area contributed by atoms with Gasteiger partial charge in [0.1, 0.15) is 0 Å². The van der Waals surface area contributed by atoms with E-state index < -0.39 is 0 Å². The van der Waals surface area contributed by atoms with Gasteiger partial charge < -0.3 is 4.57 Å². The highest BCUT2D eigenvalue weighted by Crippen LogP contribution is 2.31. The number of carbonyl (C=O) groups excluding carboxylic acids is 1. The summed E-state index contributed by atoms with van der Waals surface area (Å²) in [7, 11) is 2.10. The Labute approximate surface area is 152 Å². The summed E-state index contributed by atoms with van der Waals surface area (Å²) in [5.74, 6) is 0.171. The van der Waals surface area contributed by atoms with E-state index in [0.717, 1.165) is 29.5 Å². The number of nitrogens with zero attached hydrogens (tertiary/aromatic N) is 1. The Balaban J connectivity index is 1.63. The van der Waals surface area contributed by atoms with Gasteiger partial charge in [0, 0.05) is 40.0 Å². The molecule has 0 saturated heterocycles. The molecule has 1 aliphatic rings. The van der Waals surface area contributed by atoms with Gasteiger partial charge in [-0.15, -0.1) is 0 Å². The van der Waals surface area contributed by atoms with Crippen LogP contribution >= 0.6 is 0 Å². The van der Waals surface area contributed by atoms with E-state index >= 15 is 0 Å². The molecular weight excluding hydrogens is 318 g/mol. The van der Waals surface area contributed by atoms with Gasteiger partial charge in [0.2, 0.25) is 0 Å². The van der Waals surface area contributed by atoms with Crippen LogP contribution in [0.2, 0.25) is 0 Å². The molecule has 0 spiro atoms. The smallest absolute Gasteiger partial charge is 0.189 e. The summed E-state index contributed by atoms with van der Waals surface area (Å²) in [5.41, 5.74) is 6.47. The summed E-state index contributed by atoms with van der Waals surface area (Å²) in [4.78, 5) is 12.8. The number of hydrogen-bond acceptors (Lipinski definition) is 1. The Morgan fingerprint density at radius 2 is 1.62 bits per heavy atom. The van der Waals surface area contributed by atoms with E-state index in [0.29, 0.717) is 0 Å². The Hall–Kier alpha value is -3.13. The molecule has 0 fully saturated rings. The van der Waals surface area contributed by atoms with Crippen LogP contribution in [0.25, 0.3) is 27.9 Å². The third kappa shape index (κ3) is 2.22. The summed E-state index contributed by atoms with van der Waals surface area (Å²) in [6.07, 6.45) is 3.81.